The summed E-state index contributed by atoms with van der Waals surface area (Å²) in [7, 11) is 0. The smallest absolute Gasteiger partial charge is 0.306 e. The summed E-state index contributed by atoms with van der Waals surface area (Å²) in [5, 5.41) is 0. The highest BCUT2D eigenvalue weighted by molar-refractivity contribution is 5.71. The number of ether oxygens (including phenoxy) is 3. The SMILES string of the molecule is CCCCC/C=C\C/C=C\CCCCCCCC(=O)OCC(COC(=O)CCCCCCCCCCCCC)OC(=O)CCCCCCCCCCCCCC. The van der Waals surface area contributed by atoms with Crippen LogP contribution >= 0.6 is 0 Å². The van der Waals surface area contributed by atoms with Gasteiger partial charge in [-0.2, -0.15) is 0 Å². The fraction of sp³-hybridized carbons (Fsp3) is 0.860. The first kappa shape index (κ1) is 53.9. The summed E-state index contributed by atoms with van der Waals surface area (Å²) in [5.41, 5.74) is 0. The molecule has 0 rings (SSSR count). The second kappa shape index (κ2) is 45.6. The molecule has 1 atom stereocenters. The summed E-state index contributed by atoms with van der Waals surface area (Å²) in [6, 6.07) is 0. The van der Waals surface area contributed by atoms with Gasteiger partial charge >= 0.3 is 17.9 Å². The van der Waals surface area contributed by atoms with Gasteiger partial charge in [-0.25, -0.2) is 0 Å². The Bertz CT molecular complexity index is 911. The lowest BCUT2D eigenvalue weighted by Gasteiger charge is -2.18. The first-order valence-electron chi connectivity index (χ1n) is 24.3. The average molecular weight is 789 g/mol. The third kappa shape index (κ3) is 43.0. The fourth-order valence-corrected chi connectivity index (χ4v) is 7.00. The van der Waals surface area contributed by atoms with Gasteiger partial charge in [0.25, 0.3) is 0 Å². The van der Waals surface area contributed by atoms with Crippen molar-refractivity contribution < 1.29 is 28.6 Å². The Morgan fingerprint density at radius 3 is 1.02 bits per heavy atom. The highest BCUT2D eigenvalue weighted by Gasteiger charge is 2.19. The van der Waals surface area contributed by atoms with Crippen LogP contribution in [0.15, 0.2) is 24.3 Å². The molecular formula is C50H92O6. The Labute approximate surface area is 347 Å². The monoisotopic (exact) mass is 789 g/mol. The van der Waals surface area contributed by atoms with Crippen LogP contribution in [0.5, 0.6) is 0 Å². The van der Waals surface area contributed by atoms with Crippen molar-refractivity contribution in [2.75, 3.05) is 13.2 Å². The Hall–Kier alpha value is -2.11. The van der Waals surface area contributed by atoms with E-state index < -0.39 is 6.10 Å². The van der Waals surface area contributed by atoms with Crippen LogP contribution < -0.4 is 0 Å². The molecule has 0 bridgehead atoms. The van der Waals surface area contributed by atoms with Crippen molar-refractivity contribution in [3.8, 4) is 0 Å². The van der Waals surface area contributed by atoms with Crippen molar-refractivity contribution in [3.63, 3.8) is 0 Å². The molecule has 0 amide bonds. The molecule has 0 aliphatic carbocycles. The van der Waals surface area contributed by atoms with Crippen molar-refractivity contribution in [2.45, 2.75) is 264 Å². The highest BCUT2D eigenvalue weighted by Crippen LogP contribution is 2.15. The highest BCUT2D eigenvalue weighted by atomic mass is 16.6. The van der Waals surface area contributed by atoms with Crippen LogP contribution in [0.2, 0.25) is 0 Å². The molecule has 0 spiro atoms. The van der Waals surface area contributed by atoms with E-state index in [-0.39, 0.29) is 31.1 Å². The van der Waals surface area contributed by atoms with E-state index in [1.165, 1.54) is 141 Å². The van der Waals surface area contributed by atoms with Crippen molar-refractivity contribution in [1.29, 1.82) is 0 Å². The molecule has 0 fully saturated rings. The minimum Gasteiger partial charge on any atom is -0.462 e. The van der Waals surface area contributed by atoms with Crippen LogP contribution in [0, 0.1) is 0 Å². The van der Waals surface area contributed by atoms with Gasteiger partial charge in [-0.1, -0.05) is 212 Å². The van der Waals surface area contributed by atoms with E-state index in [1.54, 1.807) is 0 Å². The molecule has 56 heavy (non-hydrogen) atoms. The first-order valence-corrected chi connectivity index (χ1v) is 24.3. The molecule has 0 radical (unpaired) electrons. The maximum atomic E-state index is 12.7. The van der Waals surface area contributed by atoms with Crippen molar-refractivity contribution >= 4 is 17.9 Å². The third-order valence-electron chi connectivity index (χ3n) is 10.7. The maximum Gasteiger partial charge on any atom is 0.306 e. The van der Waals surface area contributed by atoms with Gasteiger partial charge in [-0.3, -0.25) is 14.4 Å². The van der Waals surface area contributed by atoms with E-state index in [2.05, 4.69) is 45.1 Å². The lowest BCUT2D eigenvalue weighted by atomic mass is 10.0. The summed E-state index contributed by atoms with van der Waals surface area (Å²) in [6.07, 6.45) is 50.1. The fourth-order valence-electron chi connectivity index (χ4n) is 7.00. The number of unbranched alkanes of at least 4 members (excludes halogenated alkanes) is 29. The number of hydrogen-bond donors (Lipinski definition) is 0. The molecule has 6 nitrogen and oxygen atoms in total. The van der Waals surface area contributed by atoms with Gasteiger partial charge in [-0.05, 0) is 51.4 Å². The van der Waals surface area contributed by atoms with Crippen LogP contribution in [0.25, 0.3) is 0 Å². The molecule has 0 heterocycles. The Morgan fingerprint density at radius 2 is 0.643 bits per heavy atom. The van der Waals surface area contributed by atoms with Gasteiger partial charge in [0, 0.05) is 19.3 Å². The van der Waals surface area contributed by atoms with E-state index in [0.29, 0.717) is 19.3 Å². The molecule has 0 aromatic carbocycles. The molecule has 0 saturated heterocycles. The van der Waals surface area contributed by atoms with Crippen molar-refractivity contribution in [3.05, 3.63) is 24.3 Å². The van der Waals surface area contributed by atoms with Gasteiger partial charge < -0.3 is 14.2 Å². The topological polar surface area (TPSA) is 78.9 Å². The summed E-state index contributed by atoms with van der Waals surface area (Å²) in [6.45, 7) is 6.60. The van der Waals surface area contributed by atoms with E-state index >= 15 is 0 Å². The predicted molar refractivity (Wildman–Crippen MR) is 238 cm³/mol. The number of esters is 3. The van der Waals surface area contributed by atoms with E-state index in [1.807, 2.05) is 0 Å². The summed E-state index contributed by atoms with van der Waals surface area (Å²) >= 11 is 0. The summed E-state index contributed by atoms with van der Waals surface area (Å²) < 4.78 is 16.7. The van der Waals surface area contributed by atoms with Crippen LogP contribution in [-0.2, 0) is 28.6 Å². The van der Waals surface area contributed by atoms with E-state index in [9.17, 15) is 14.4 Å². The lowest BCUT2D eigenvalue weighted by Crippen LogP contribution is -2.30. The maximum absolute atomic E-state index is 12.7. The molecular weight excluding hydrogens is 697 g/mol. The molecule has 6 heteroatoms. The first-order chi connectivity index (χ1) is 27.5. The molecule has 0 saturated carbocycles. The summed E-state index contributed by atoms with van der Waals surface area (Å²) in [4.78, 5) is 37.8. The summed E-state index contributed by atoms with van der Waals surface area (Å²) in [5.74, 6) is -0.877. The number of rotatable bonds is 44. The molecule has 328 valence electrons. The lowest BCUT2D eigenvalue weighted by molar-refractivity contribution is -0.167. The Kier molecular flexibility index (Phi) is 43.9. The van der Waals surface area contributed by atoms with Gasteiger partial charge in [-0.15, -0.1) is 0 Å². The standard InChI is InChI=1S/C50H92O6/c1-4-7-10-13-16-19-22-24-25-26-29-31-34-37-40-43-49(52)55-46-47(45-54-48(51)42-39-36-33-30-27-21-18-15-12-9-6-3)56-50(53)44-41-38-35-32-28-23-20-17-14-11-8-5-2/h16,19,24-25,47H,4-15,17-18,20-23,26-46H2,1-3H3/b19-16-,25-24-. The van der Waals surface area contributed by atoms with Crippen LogP contribution in [0.4, 0.5) is 0 Å². The van der Waals surface area contributed by atoms with Crippen LogP contribution in [-0.4, -0.2) is 37.2 Å². The van der Waals surface area contributed by atoms with Gasteiger partial charge in [0.15, 0.2) is 6.10 Å². The zero-order chi connectivity index (χ0) is 40.8. The number of hydrogen-bond acceptors (Lipinski definition) is 6. The minimum atomic E-state index is -0.769. The van der Waals surface area contributed by atoms with Gasteiger partial charge in [0.05, 0.1) is 0 Å². The Balaban J connectivity index is 4.36. The number of carbonyl (C=O) groups excluding carboxylic acids is 3. The largest absolute Gasteiger partial charge is 0.462 e. The van der Waals surface area contributed by atoms with Crippen LogP contribution in [0.1, 0.15) is 258 Å². The second-order valence-corrected chi connectivity index (χ2v) is 16.4. The van der Waals surface area contributed by atoms with E-state index in [4.69, 9.17) is 14.2 Å². The van der Waals surface area contributed by atoms with Gasteiger partial charge in [0.2, 0.25) is 0 Å². The van der Waals surface area contributed by atoms with E-state index in [0.717, 1.165) is 77.0 Å². The minimum absolute atomic E-state index is 0.0714. The van der Waals surface area contributed by atoms with Gasteiger partial charge in [0.1, 0.15) is 13.2 Å². The molecule has 0 aliphatic rings. The molecule has 0 aromatic rings. The Morgan fingerprint density at radius 1 is 0.357 bits per heavy atom. The predicted octanol–water partition coefficient (Wildman–Crippen LogP) is 15.6. The quantitative estimate of drug-likeness (QED) is 0.0265. The normalized spacial score (nSPS) is 12.1. The molecule has 1 unspecified atom stereocenters. The zero-order valence-corrected chi connectivity index (χ0v) is 37.4. The second-order valence-electron chi connectivity index (χ2n) is 16.4. The van der Waals surface area contributed by atoms with Crippen LogP contribution in [0.3, 0.4) is 0 Å². The molecule has 0 aromatic heterocycles. The third-order valence-corrected chi connectivity index (χ3v) is 10.7. The molecule has 0 N–H and O–H groups in total. The number of allylic oxidation sites excluding steroid dienone is 4. The number of carbonyl (C=O) groups is 3. The van der Waals surface area contributed by atoms with Crippen molar-refractivity contribution in [2.24, 2.45) is 0 Å². The molecule has 0 aliphatic heterocycles. The average Bonchev–Trinajstić information content (AvgIpc) is 3.19. The zero-order valence-electron chi connectivity index (χ0n) is 37.4. The van der Waals surface area contributed by atoms with Crippen molar-refractivity contribution in [1.82, 2.24) is 0 Å².